The molecule has 2 aromatic rings. The van der Waals surface area contributed by atoms with Gasteiger partial charge in [0, 0.05) is 17.1 Å². The molecule has 2 aromatic carbocycles. The molecule has 25 heavy (non-hydrogen) atoms. The number of hydrogen-bond donors (Lipinski definition) is 3. The lowest BCUT2D eigenvalue weighted by Gasteiger charge is -2.13. The van der Waals surface area contributed by atoms with Crippen molar-refractivity contribution in [1.29, 1.82) is 0 Å². The number of methoxy groups -OCH3 is 1. The zero-order valence-electron chi connectivity index (χ0n) is 13.6. The van der Waals surface area contributed by atoms with Gasteiger partial charge in [-0.05, 0) is 51.7 Å². The normalized spacial score (nSPS) is 11.8. The lowest BCUT2D eigenvalue weighted by molar-refractivity contribution is -0.384. The van der Waals surface area contributed by atoms with Crippen LogP contribution in [0.3, 0.4) is 0 Å². The van der Waals surface area contributed by atoms with E-state index in [9.17, 15) is 15.2 Å². The third kappa shape index (κ3) is 5.15. The van der Waals surface area contributed by atoms with Gasteiger partial charge in [-0.25, -0.2) is 0 Å². The summed E-state index contributed by atoms with van der Waals surface area (Å²) in [5.74, 6) is 0.748. The third-order valence-electron chi connectivity index (χ3n) is 3.62. The van der Waals surface area contributed by atoms with Gasteiger partial charge in [0.15, 0.2) is 0 Å². The SMILES string of the molecule is COc1ccc(Cc2cc(Br)c(NCC(O)CO)c([N+](=O)[O-])c2)cc1. The second-order valence-corrected chi connectivity index (χ2v) is 6.33. The van der Waals surface area contributed by atoms with E-state index in [1.807, 2.05) is 24.3 Å². The molecule has 0 radical (unpaired) electrons. The minimum atomic E-state index is -0.995. The highest BCUT2D eigenvalue weighted by molar-refractivity contribution is 9.10. The van der Waals surface area contributed by atoms with Crippen molar-refractivity contribution < 1.29 is 19.9 Å². The predicted octanol–water partition coefficient (Wildman–Crippen LogP) is 2.72. The molecule has 0 bridgehead atoms. The summed E-state index contributed by atoms with van der Waals surface area (Å²) >= 11 is 3.34. The van der Waals surface area contributed by atoms with Crippen molar-refractivity contribution in [2.45, 2.75) is 12.5 Å². The molecule has 0 fully saturated rings. The first-order valence-corrected chi connectivity index (χ1v) is 8.36. The molecule has 0 aliphatic heterocycles. The Balaban J connectivity index is 2.26. The van der Waals surface area contributed by atoms with Crippen LogP contribution in [-0.2, 0) is 6.42 Å². The van der Waals surface area contributed by atoms with Crippen LogP contribution in [0.15, 0.2) is 40.9 Å². The van der Waals surface area contributed by atoms with Crippen LogP contribution >= 0.6 is 15.9 Å². The number of nitrogens with one attached hydrogen (secondary N) is 1. The Bertz CT molecular complexity index is 737. The lowest BCUT2D eigenvalue weighted by atomic mass is 10.0. The molecule has 0 spiro atoms. The number of hydrogen-bond acceptors (Lipinski definition) is 6. The molecule has 1 atom stereocenters. The smallest absolute Gasteiger partial charge is 0.293 e. The molecule has 0 aromatic heterocycles. The summed E-state index contributed by atoms with van der Waals surface area (Å²) in [6, 6.07) is 10.8. The molecular weight excluding hydrogens is 392 g/mol. The van der Waals surface area contributed by atoms with Gasteiger partial charge < -0.3 is 20.3 Å². The van der Waals surface area contributed by atoms with E-state index in [1.165, 1.54) is 6.07 Å². The molecule has 2 rings (SSSR count). The maximum Gasteiger partial charge on any atom is 0.293 e. The number of aliphatic hydroxyl groups excluding tert-OH is 2. The summed E-state index contributed by atoms with van der Waals surface area (Å²) in [6.45, 7) is -0.415. The molecule has 0 heterocycles. The molecule has 1 unspecified atom stereocenters. The highest BCUT2D eigenvalue weighted by Crippen LogP contribution is 2.34. The van der Waals surface area contributed by atoms with E-state index >= 15 is 0 Å². The lowest BCUT2D eigenvalue weighted by Crippen LogP contribution is -2.23. The van der Waals surface area contributed by atoms with Gasteiger partial charge in [-0.2, -0.15) is 0 Å². The predicted molar refractivity (Wildman–Crippen MR) is 98.2 cm³/mol. The first-order chi connectivity index (χ1) is 11.9. The summed E-state index contributed by atoms with van der Waals surface area (Å²) in [5, 5.41) is 32.5. The van der Waals surface area contributed by atoms with Crippen molar-refractivity contribution in [2.24, 2.45) is 0 Å². The number of ether oxygens (including phenoxy) is 1. The number of nitro groups is 1. The van der Waals surface area contributed by atoms with E-state index in [0.29, 0.717) is 10.9 Å². The second kappa shape index (κ2) is 8.80. The standard InChI is InChI=1S/C17H19BrN2O5/c1-25-14-4-2-11(3-5-14)6-12-7-15(18)17(16(8-12)20(23)24)19-9-13(22)10-21/h2-5,7-8,13,19,21-22H,6,9-10H2,1H3. The van der Waals surface area contributed by atoms with Crippen LogP contribution < -0.4 is 10.1 Å². The molecule has 0 aliphatic carbocycles. The Morgan fingerprint density at radius 3 is 2.52 bits per heavy atom. The largest absolute Gasteiger partial charge is 0.497 e. The van der Waals surface area contributed by atoms with Gasteiger partial charge in [0.05, 0.1) is 24.7 Å². The van der Waals surface area contributed by atoms with Crippen LogP contribution in [0.25, 0.3) is 0 Å². The van der Waals surface area contributed by atoms with Gasteiger partial charge in [0.25, 0.3) is 5.69 Å². The van der Waals surface area contributed by atoms with Crippen LogP contribution in [-0.4, -0.2) is 41.5 Å². The van der Waals surface area contributed by atoms with Crippen molar-refractivity contribution >= 4 is 27.3 Å². The number of nitrogens with zero attached hydrogens (tertiary/aromatic N) is 1. The fourth-order valence-electron chi connectivity index (χ4n) is 2.33. The van der Waals surface area contributed by atoms with E-state index in [0.717, 1.165) is 16.9 Å². The molecule has 7 nitrogen and oxygen atoms in total. The average molecular weight is 411 g/mol. The maximum absolute atomic E-state index is 11.4. The topological polar surface area (TPSA) is 105 Å². The minimum Gasteiger partial charge on any atom is -0.497 e. The van der Waals surface area contributed by atoms with Gasteiger partial charge in [-0.1, -0.05) is 12.1 Å². The Morgan fingerprint density at radius 1 is 1.28 bits per heavy atom. The summed E-state index contributed by atoms with van der Waals surface area (Å²) in [4.78, 5) is 10.9. The van der Waals surface area contributed by atoms with Crippen molar-refractivity contribution in [3.8, 4) is 5.75 Å². The van der Waals surface area contributed by atoms with Gasteiger partial charge in [-0.15, -0.1) is 0 Å². The maximum atomic E-state index is 11.4. The summed E-state index contributed by atoms with van der Waals surface area (Å²) in [5.41, 5.74) is 1.95. The van der Waals surface area contributed by atoms with E-state index in [1.54, 1.807) is 13.2 Å². The first kappa shape index (κ1) is 19.2. The van der Waals surface area contributed by atoms with Crippen LogP contribution in [0.4, 0.5) is 11.4 Å². The molecule has 3 N–H and O–H groups in total. The van der Waals surface area contributed by atoms with Gasteiger partial charge in [-0.3, -0.25) is 10.1 Å². The number of rotatable bonds is 8. The van der Waals surface area contributed by atoms with Crippen molar-refractivity contribution in [1.82, 2.24) is 0 Å². The molecule has 0 saturated carbocycles. The van der Waals surface area contributed by atoms with Gasteiger partial charge >= 0.3 is 0 Å². The highest BCUT2D eigenvalue weighted by atomic mass is 79.9. The summed E-state index contributed by atoms with van der Waals surface area (Å²) in [6.07, 6.45) is -0.464. The molecule has 134 valence electrons. The second-order valence-electron chi connectivity index (χ2n) is 5.47. The Hall–Kier alpha value is -2.16. The number of benzene rings is 2. The molecule has 0 saturated heterocycles. The van der Waals surface area contributed by atoms with E-state index < -0.39 is 17.6 Å². The summed E-state index contributed by atoms with van der Waals surface area (Å²) < 4.78 is 5.64. The zero-order chi connectivity index (χ0) is 18.4. The van der Waals surface area contributed by atoms with E-state index in [4.69, 9.17) is 9.84 Å². The monoisotopic (exact) mass is 410 g/mol. The molecular formula is C17H19BrN2O5. The Morgan fingerprint density at radius 2 is 1.96 bits per heavy atom. The number of aliphatic hydroxyl groups is 2. The van der Waals surface area contributed by atoms with Crippen molar-refractivity contribution in [2.75, 3.05) is 25.6 Å². The van der Waals surface area contributed by atoms with Crippen molar-refractivity contribution in [3.63, 3.8) is 0 Å². The average Bonchev–Trinajstić information content (AvgIpc) is 2.60. The Kier molecular flexibility index (Phi) is 6.74. The first-order valence-electron chi connectivity index (χ1n) is 7.57. The van der Waals surface area contributed by atoms with Crippen LogP contribution in [0.5, 0.6) is 5.75 Å². The molecule has 0 aliphatic rings. The van der Waals surface area contributed by atoms with Gasteiger partial charge in [0.1, 0.15) is 11.4 Å². The van der Waals surface area contributed by atoms with Crippen molar-refractivity contribution in [3.05, 3.63) is 62.1 Å². The minimum absolute atomic E-state index is 0.00770. The van der Waals surface area contributed by atoms with Gasteiger partial charge in [0.2, 0.25) is 0 Å². The summed E-state index contributed by atoms with van der Waals surface area (Å²) in [7, 11) is 1.59. The van der Waals surface area contributed by atoms with Crippen LogP contribution in [0, 0.1) is 10.1 Å². The fraction of sp³-hybridized carbons (Fsp3) is 0.294. The Labute approximate surface area is 153 Å². The zero-order valence-corrected chi connectivity index (χ0v) is 15.2. The quantitative estimate of drug-likeness (QED) is 0.456. The molecule has 0 amide bonds. The van der Waals surface area contributed by atoms with Crippen LogP contribution in [0.1, 0.15) is 11.1 Å². The highest BCUT2D eigenvalue weighted by Gasteiger charge is 2.19. The number of anilines is 1. The van der Waals surface area contributed by atoms with Crippen LogP contribution in [0.2, 0.25) is 0 Å². The molecule has 8 heteroatoms. The number of nitro benzene ring substituents is 1. The van der Waals surface area contributed by atoms with E-state index in [2.05, 4.69) is 21.2 Å². The van der Waals surface area contributed by atoms with E-state index in [-0.39, 0.29) is 17.9 Å². The fourth-order valence-corrected chi connectivity index (χ4v) is 2.97. The third-order valence-corrected chi connectivity index (χ3v) is 4.24. The number of halogens is 1.